The van der Waals surface area contributed by atoms with Crippen LogP contribution in [0.3, 0.4) is 0 Å². The van der Waals surface area contributed by atoms with Crippen molar-refractivity contribution < 1.29 is 4.79 Å². The van der Waals surface area contributed by atoms with Crippen molar-refractivity contribution in [2.45, 2.75) is 0 Å². The summed E-state index contributed by atoms with van der Waals surface area (Å²) >= 11 is 0. The second-order valence-corrected chi connectivity index (χ2v) is 8.30. The average Bonchev–Trinajstić information content (AvgIpc) is 3.27. The molecule has 0 bridgehead atoms. The van der Waals surface area contributed by atoms with Crippen LogP contribution in [0.2, 0.25) is 0 Å². The van der Waals surface area contributed by atoms with Crippen molar-refractivity contribution >= 4 is 33.4 Å². The van der Waals surface area contributed by atoms with Crippen molar-refractivity contribution in [3.05, 3.63) is 90.9 Å². The fourth-order valence-electron chi connectivity index (χ4n) is 4.64. The van der Waals surface area contributed by atoms with Gasteiger partial charge in [0.15, 0.2) is 0 Å². The van der Waals surface area contributed by atoms with Crippen LogP contribution in [0.25, 0.3) is 33.1 Å². The molecule has 0 atom stereocenters. The Labute approximate surface area is 191 Å². The molecule has 5 aromatic rings. The lowest BCUT2D eigenvalue weighted by Crippen LogP contribution is -2.49. The smallest absolute Gasteiger partial charge is 0.272 e. The van der Waals surface area contributed by atoms with Crippen LogP contribution >= 0.6 is 0 Å². The van der Waals surface area contributed by atoms with E-state index in [1.165, 1.54) is 0 Å². The maximum Gasteiger partial charge on any atom is 0.272 e. The first-order chi connectivity index (χ1) is 16.3. The molecule has 0 aliphatic carbocycles. The van der Waals surface area contributed by atoms with Crippen LogP contribution < -0.4 is 4.90 Å². The number of anilines is 1. The molecule has 6 rings (SSSR count). The number of benzene rings is 2. The maximum absolute atomic E-state index is 13.6. The minimum atomic E-state index is -0.0197. The number of hydrogen-bond donors (Lipinski definition) is 1. The van der Waals surface area contributed by atoms with E-state index in [1.807, 2.05) is 65.6 Å². The molecule has 0 saturated carbocycles. The van der Waals surface area contributed by atoms with Gasteiger partial charge in [-0.2, -0.15) is 0 Å². The Balaban J connectivity index is 1.37. The van der Waals surface area contributed by atoms with Gasteiger partial charge in [-0.1, -0.05) is 48.5 Å². The van der Waals surface area contributed by atoms with Gasteiger partial charge >= 0.3 is 0 Å². The number of carbonyl (C=O) groups is 1. The first-order valence-corrected chi connectivity index (χ1v) is 11.2. The summed E-state index contributed by atoms with van der Waals surface area (Å²) in [5.41, 5.74) is 5.43. The topological polar surface area (TPSA) is 65.1 Å². The van der Waals surface area contributed by atoms with Crippen LogP contribution in [0.5, 0.6) is 0 Å². The fraction of sp³-hybridized carbons (Fsp3) is 0.148. The van der Waals surface area contributed by atoms with E-state index in [0.717, 1.165) is 51.8 Å². The molecule has 33 heavy (non-hydrogen) atoms. The Morgan fingerprint density at radius 3 is 2.33 bits per heavy atom. The van der Waals surface area contributed by atoms with E-state index in [1.54, 1.807) is 12.4 Å². The summed E-state index contributed by atoms with van der Waals surface area (Å²) in [5.74, 6) is -0.0197. The van der Waals surface area contributed by atoms with Gasteiger partial charge in [0, 0.05) is 66.1 Å². The monoisotopic (exact) mass is 433 g/mol. The summed E-state index contributed by atoms with van der Waals surface area (Å²) in [5, 5.41) is 2.13. The van der Waals surface area contributed by atoms with Gasteiger partial charge in [0.05, 0.1) is 11.2 Å². The van der Waals surface area contributed by atoms with Crippen molar-refractivity contribution in [1.29, 1.82) is 0 Å². The average molecular weight is 434 g/mol. The van der Waals surface area contributed by atoms with Crippen LogP contribution in [0, 0.1) is 0 Å². The third-order valence-electron chi connectivity index (χ3n) is 6.36. The van der Waals surface area contributed by atoms with Crippen molar-refractivity contribution in [1.82, 2.24) is 19.9 Å². The van der Waals surface area contributed by atoms with Crippen molar-refractivity contribution in [3.8, 4) is 11.3 Å². The summed E-state index contributed by atoms with van der Waals surface area (Å²) in [7, 11) is 0. The molecule has 2 aromatic carbocycles. The van der Waals surface area contributed by atoms with E-state index in [2.05, 4.69) is 27.0 Å². The number of amides is 1. The first-order valence-electron chi connectivity index (χ1n) is 11.2. The number of nitrogens with one attached hydrogen (secondary N) is 1. The molecule has 1 fully saturated rings. The SMILES string of the molecule is O=C(c1cc2c([nH]c3ccccc32)c(-c2ccccc2)n1)N1CCN(c2ccncc2)CC1. The van der Waals surface area contributed by atoms with E-state index in [9.17, 15) is 4.79 Å². The Kier molecular flexibility index (Phi) is 4.76. The van der Waals surface area contributed by atoms with Gasteiger partial charge in [-0.25, -0.2) is 4.98 Å². The van der Waals surface area contributed by atoms with Gasteiger partial charge in [0.2, 0.25) is 0 Å². The number of piperazine rings is 1. The van der Waals surface area contributed by atoms with Crippen LogP contribution in [0.4, 0.5) is 5.69 Å². The molecule has 162 valence electrons. The molecular weight excluding hydrogens is 410 g/mol. The Bertz CT molecular complexity index is 1440. The van der Waals surface area contributed by atoms with Gasteiger partial charge in [-0.3, -0.25) is 9.78 Å². The molecule has 0 unspecified atom stereocenters. The summed E-state index contributed by atoms with van der Waals surface area (Å²) in [6, 6.07) is 24.2. The molecule has 6 heteroatoms. The summed E-state index contributed by atoms with van der Waals surface area (Å²) in [4.78, 5) is 30.2. The van der Waals surface area contributed by atoms with Crippen molar-refractivity contribution in [2.24, 2.45) is 0 Å². The van der Waals surface area contributed by atoms with E-state index < -0.39 is 0 Å². The number of rotatable bonds is 3. The Morgan fingerprint density at radius 1 is 0.818 bits per heavy atom. The molecule has 1 aliphatic rings. The molecule has 3 aromatic heterocycles. The third kappa shape index (κ3) is 3.49. The summed E-state index contributed by atoms with van der Waals surface area (Å²) in [6.07, 6.45) is 3.61. The number of carbonyl (C=O) groups excluding carboxylic acids is 1. The van der Waals surface area contributed by atoms with Gasteiger partial charge in [-0.05, 0) is 24.3 Å². The number of pyridine rings is 2. The standard InChI is InChI=1S/C27H23N5O/c33-27(32-16-14-31(15-17-32)20-10-12-28-13-11-20)24-18-22-21-8-4-5-9-23(21)29-26(22)25(30-24)19-6-2-1-3-7-19/h1-13,18,29H,14-17H2. The highest BCUT2D eigenvalue weighted by Gasteiger charge is 2.25. The van der Waals surface area contributed by atoms with Crippen LogP contribution in [0.15, 0.2) is 85.2 Å². The summed E-state index contributed by atoms with van der Waals surface area (Å²) < 4.78 is 0. The zero-order chi connectivity index (χ0) is 22.2. The van der Waals surface area contributed by atoms with Crippen LogP contribution in [-0.2, 0) is 0 Å². The highest BCUT2D eigenvalue weighted by molar-refractivity contribution is 6.13. The second kappa shape index (κ2) is 8.06. The van der Waals surface area contributed by atoms with E-state index in [4.69, 9.17) is 4.98 Å². The maximum atomic E-state index is 13.6. The first kappa shape index (κ1) is 19.5. The number of fused-ring (bicyclic) bond motifs is 3. The Hall–Kier alpha value is -4.19. The third-order valence-corrected chi connectivity index (χ3v) is 6.36. The number of hydrogen-bond acceptors (Lipinski definition) is 4. The molecule has 1 saturated heterocycles. The van der Waals surface area contributed by atoms with Crippen LogP contribution in [-0.4, -0.2) is 51.9 Å². The van der Waals surface area contributed by atoms with E-state index >= 15 is 0 Å². The number of H-pyrrole nitrogens is 1. The molecule has 1 aliphatic heterocycles. The van der Waals surface area contributed by atoms with Crippen molar-refractivity contribution in [2.75, 3.05) is 31.1 Å². The highest BCUT2D eigenvalue weighted by Crippen LogP contribution is 2.33. The summed E-state index contributed by atoms with van der Waals surface area (Å²) in [6.45, 7) is 2.90. The minimum absolute atomic E-state index is 0.0197. The predicted octanol–water partition coefficient (Wildman–Crippen LogP) is 4.74. The van der Waals surface area contributed by atoms with Gasteiger partial charge in [-0.15, -0.1) is 0 Å². The largest absolute Gasteiger partial charge is 0.368 e. The van der Waals surface area contributed by atoms with Crippen molar-refractivity contribution in [3.63, 3.8) is 0 Å². The number of aromatic nitrogens is 3. The zero-order valence-corrected chi connectivity index (χ0v) is 18.1. The Morgan fingerprint density at radius 2 is 1.55 bits per heavy atom. The molecular formula is C27H23N5O. The fourth-order valence-corrected chi connectivity index (χ4v) is 4.64. The lowest BCUT2D eigenvalue weighted by Gasteiger charge is -2.36. The highest BCUT2D eigenvalue weighted by atomic mass is 16.2. The number of aromatic amines is 1. The van der Waals surface area contributed by atoms with Gasteiger partial charge in [0.25, 0.3) is 5.91 Å². The minimum Gasteiger partial charge on any atom is -0.368 e. The molecule has 0 spiro atoms. The molecule has 4 heterocycles. The quantitative estimate of drug-likeness (QED) is 0.446. The van der Waals surface area contributed by atoms with Gasteiger partial charge in [0.1, 0.15) is 5.69 Å². The second-order valence-electron chi connectivity index (χ2n) is 8.30. The number of nitrogens with zero attached hydrogens (tertiary/aromatic N) is 4. The normalized spacial score (nSPS) is 14.2. The lowest BCUT2D eigenvalue weighted by molar-refractivity contribution is 0.0741. The molecule has 0 radical (unpaired) electrons. The molecule has 1 N–H and O–H groups in total. The van der Waals surface area contributed by atoms with E-state index in [-0.39, 0.29) is 5.91 Å². The molecule has 1 amide bonds. The molecule has 6 nitrogen and oxygen atoms in total. The predicted molar refractivity (Wildman–Crippen MR) is 131 cm³/mol. The van der Waals surface area contributed by atoms with Gasteiger partial charge < -0.3 is 14.8 Å². The number of para-hydroxylation sites is 1. The lowest BCUT2D eigenvalue weighted by atomic mass is 10.1. The van der Waals surface area contributed by atoms with E-state index in [0.29, 0.717) is 18.8 Å². The van der Waals surface area contributed by atoms with Crippen LogP contribution in [0.1, 0.15) is 10.5 Å². The zero-order valence-electron chi connectivity index (χ0n) is 18.1.